The predicted molar refractivity (Wildman–Crippen MR) is 138 cm³/mol. The third-order valence-corrected chi connectivity index (χ3v) is 5.53. The van der Waals surface area contributed by atoms with Crippen LogP contribution in [0.25, 0.3) is 11.1 Å². The fourth-order valence-corrected chi connectivity index (χ4v) is 4.06. The first-order chi connectivity index (χ1) is 17.3. The summed E-state index contributed by atoms with van der Waals surface area (Å²) in [6, 6.07) is 13.4. The molecule has 1 aromatic heterocycles. The van der Waals surface area contributed by atoms with Gasteiger partial charge in [-0.2, -0.15) is 0 Å². The molecule has 0 aliphatic heterocycles. The monoisotopic (exact) mass is 491 g/mol. The second-order valence-corrected chi connectivity index (χ2v) is 8.22. The molecule has 0 radical (unpaired) electrons. The molecule has 7 heteroatoms. The molecule has 3 aromatic rings. The lowest BCUT2D eigenvalue weighted by Gasteiger charge is -2.19. The Labute approximate surface area is 212 Å². The summed E-state index contributed by atoms with van der Waals surface area (Å²) in [5.74, 6) is -0.0547. The quantitative estimate of drug-likeness (QED) is 0.321. The second kappa shape index (κ2) is 12.2. The Morgan fingerprint density at radius 1 is 0.750 bits per heavy atom. The first-order valence-corrected chi connectivity index (χ1v) is 12.1. The Kier molecular flexibility index (Phi) is 9.06. The van der Waals surface area contributed by atoms with E-state index in [0.717, 1.165) is 11.1 Å². The highest BCUT2D eigenvalue weighted by atomic mass is 16.5. The van der Waals surface area contributed by atoms with Gasteiger partial charge in [0.1, 0.15) is 6.61 Å². The van der Waals surface area contributed by atoms with E-state index in [2.05, 4.69) is 11.1 Å². The first-order valence-electron chi connectivity index (χ1n) is 12.1. The van der Waals surface area contributed by atoms with Crippen molar-refractivity contribution in [3.63, 3.8) is 0 Å². The third-order valence-electron chi connectivity index (χ3n) is 5.53. The summed E-state index contributed by atoms with van der Waals surface area (Å²) in [6.07, 6.45) is 0. The van der Waals surface area contributed by atoms with E-state index in [1.165, 1.54) is 0 Å². The summed E-state index contributed by atoms with van der Waals surface area (Å²) in [5, 5.41) is 0. The van der Waals surface area contributed by atoms with Gasteiger partial charge >= 0.3 is 11.9 Å². The maximum absolute atomic E-state index is 13.0. The molecule has 0 amide bonds. The summed E-state index contributed by atoms with van der Waals surface area (Å²) in [7, 11) is 0. The van der Waals surface area contributed by atoms with Crippen LogP contribution >= 0.6 is 0 Å². The van der Waals surface area contributed by atoms with Gasteiger partial charge < -0.3 is 18.9 Å². The molecule has 36 heavy (non-hydrogen) atoms. The van der Waals surface area contributed by atoms with Gasteiger partial charge in [-0.3, -0.25) is 4.98 Å². The molecule has 0 fully saturated rings. The minimum Gasteiger partial charge on any atom is -0.490 e. The van der Waals surface area contributed by atoms with Crippen molar-refractivity contribution in [1.82, 2.24) is 4.98 Å². The van der Waals surface area contributed by atoms with Crippen LogP contribution in [0.4, 0.5) is 0 Å². The van der Waals surface area contributed by atoms with Crippen LogP contribution < -0.4 is 9.47 Å². The van der Waals surface area contributed by atoms with Crippen molar-refractivity contribution in [3.05, 3.63) is 76.1 Å². The molecule has 0 saturated carbocycles. The molecule has 1 heterocycles. The van der Waals surface area contributed by atoms with Crippen LogP contribution in [0.1, 0.15) is 64.0 Å². The SMILES string of the molecule is CCOC(=O)c1c(C)nc(C)c(C(=O)OCC)c1-c1ccc(OCc2cccc(C)c2)c(OCC)c1. The number of carbonyl (C=O) groups is 2. The van der Waals surface area contributed by atoms with E-state index in [-0.39, 0.29) is 24.3 Å². The van der Waals surface area contributed by atoms with Crippen molar-refractivity contribution < 1.29 is 28.5 Å². The molecule has 3 rings (SSSR count). The molecule has 0 aliphatic carbocycles. The molecule has 0 atom stereocenters. The molecular weight excluding hydrogens is 458 g/mol. The average molecular weight is 492 g/mol. The number of nitrogens with zero attached hydrogens (tertiary/aromatic N) is 1. The van der Waals surface area contributed by atoms with E-state index in [4.69, 9.17) is 18.9 Å². The van der Waals surface area contributed by atoms with E-state index in [9.17, 15) is 9.59 Å². The Balaban J connectivity index is 2.15. The number of ether oxygens (including phenoxy) is 4. The van der Waals surface area contributed by atoms with Crippen molar-refractivity contribution in [3.8, 4) is 22.6 Å². The van der Waals surface area contributed by atoms with Gasteiger partial charge in [0.25, 0.3) is 0 Å². The van der Waals surface area contributed by atoms with E-state index >= 15 is 0 Å². The summed E-state index contributed by atoms with van der Waals surface area (Å²) in [5.41, 5.74) is 4.57. The second-order valence-electron chi connectivity index (χ2n) is 8.22. The number of hydrogen-bond donors (Lipinski definition) is 0. The van der Waals surface area contributed by atoms with Gasteiger partial charge in [0.05, 0.1) is 42.3 Å². The van der Waals surface area contributed by atoms with Crippen molar-refractivity contribution in [2.75, 3.05) is 19.8 Å². The zero-order valence-electron chi connectivity index (χ0n) is 21.8. The number of pyridine rings is 1. The molecular formula is C29H33NO6. The van der Waals surface area contributed by atoms with Gasteiger partial charge in [-0.15, -0.1) is 0 Å². The normalized spacial score (nSPS) is 10.6. The van der Waals surface area contributed by atoms with Gasteiger partial charge in [-0.05, 0) is 64.8 Å². The lowest BCUT2D eigenvalue weighted by Crippen LogP contribution is -2.17. The van der Waals surface area contributed by atoms with Crippen molar-refractivity contribution in [1.29, 1.82) is 0 Å². The average Bonchev–Trinajstić information content (AvgIpc) is 2.83. The first kappa shape index (κ1) is 26.7. The minimum atomic E-state index is -0.555. The molecule has 7 nitrogen and oxygen atoms in total. The predicted octanol–water partition coefficient (Wildman–Crippen LogP) is 6.00. The molecule has 0 bridgehead atoms. The van der Waals surface area contributed by atoms with E-state index in [1.807, 2.05) is 32.0 Å². The van der Waals surface area contributed by atoms with Crippen LogP contribution in [0, 0.1) is 20.8 Å². The topological polar surface area (TPSA) is 84.0 Å². The lowest BCUT2D eigenvalue weighted by atomic mass is 9.92. The minimum absolute atomic E-state index is 0.191. The maximum Gasteiger partial charge on any atom is 0.340 e. The van der Waals surface area contributed by atoms with Crippen LogP contribution in [0.3, 0.4) is 0 Å². The van der Waals surface area contributed by atoms with E-state index in [1.54, 1.807) is 45.9 Å². The Morgan fingerprint density at radius 3 is 1.94 bits per heavy atom. The van der Waals surface area contributed by atoms with E-state index < -0.39 is 11.9 Å². The van der Waals surface area contributed by atoms with Crippen molar-refractivity contribution in [2.45, 2.75) is 48.1 Å². The van der Waals surface area contributed by atoms with Crippen LogP contribution in [-0.4, -0.2) is 36.7 Å². The van der Waals surface area contributed by atoms with Crippen molar-refractivity contribution >= 4 is 11.9 Å². The molecule has 0 saturated heterocycles. The van der Waals surface area contributed by atoms with Crippen LogP contribution in [-0.2, 0) is 16.1 Å². The number of esters is 2. The molecule has 190 valence electrons. The van der Waals surface area contributed by atoms with Gasteiger partial charge in [0.2, 0.25) is 0 Å². The number of rotatable bonds is 10. The molecule has 2 aromatic carbocycles. The van der Waals surface area contributed by atoms with Gasteiger partial charge in [0.15, 0.2) is 11.5 Å². The Hall–Kier alpha value is -3.87. The number of aromatic nitrogens is 1. The van der Waals surface area contributed by atoms with Gasteiger partial charge in [0, 0.05) is 5.56 Å². The summed E-state index contributed by atoms with van der Waals surface area (Å²) < 4.78 is 22.6. The number of aryl methyl sites for hydroxylation is 3. The largest absolute Gasteiger partial charge is 0.490 e. The molecule has 0 N–H and O–H groups in total. The Bertz CT molecular complexity index is 1210. The fraction of sp³-hybridized carbons (Fsp3) is 0.345. The highest BCUT2D eigenvalue weighted by molar-refractivity contribution is 6.07. The number of benzene rings is 2. The van der Waals surface area contributed by atoms with Crippen LogP contribution in [0.5, 0.6) is 11.5 Å². The highest BCUT2D eigenvalue weighted by Gasteiger charge is 2.28. The van der Waals surface area contributed by atoms with Gasteiger partial charge in [-0.25, -0.2) is 9.59 Å². The number of carbonyl (C=O) groups excluding carboxylic acids is 2. The summed E-state index contributed by atoms with van der Waals surface area (Å²) in [6.45, 7) is 12.0. The Morgan fingerprint density at radius 2 is 1.39 bits per heavy atom. The smallest absolute Gasteiger partial charge is 0.340 e. The fourth-order valence-electron chi connectivity index (χ4n) is 4.06. The standard InChI is InChI=1S/C29H33NO6/c1-7-33-24-16-22(13-14-23(24)36-17-21-12-10-11-18(4)15-21)27-25(28(31)34-8-2)19(5)30-20(6)26(27)29(32)35-9-3/h10-16H,7-9,17H2,1-6H3. The van der Waals surface area contributed by atoms with E-state index in [0.29, 0.717) is 47.2 Å². The van der Waals surface area contributed by atoms with Crippen LogP contribution in [0.2, 0.25) is 0 Å². The summed E-state index contributed by atoms with van der Waals surface area (Å²) in [4.78, 5) is 30.5. The van der Waals surface area contributed by atoms with Gasteiger partial charge in [-0.1, -0.05) is 35.9 Å². The summed E-state index contributed by atoms with van der Waals surface area (Å²) >= 11 is 0. The third kappa shape index (κ3) is 6.03. The molecule has 0 aliphatic rings. The van der Waals surface area contributed by atoms with Crippen molar-refractivity contribution in [2.24, 2.45) is 0 Å². The molecule has 0 unspecified atom stereocenters. The molecule has 0 spiro atoms. The zero-order valence-corrected chi connectivity index (χ0v) is 21.8. The highest BCUT2D eigenvalue weighted by Crippen LogP contribution is 2.38. The van der Waals surface area contributed by atoms with Crippen LogP contribution in [0.15, 0.2) is 42.5 Å². The zero-order chi connectivity index (χ0) is 26.2. The maximum atomic E-state index is 13.0. The lowest BCUT2D eigenvalue weighted by molar-refractivity contribution is 0.0525. The number of hydrogen-bond acceptors (Lipinski definition) is 7.